The molecule has 4 nitrogen and oxygen atoms in total. The number of nitrogens with two attached hydrogens (primary N) is 1. The molecule has 106 valence electrons. The number of nitrogen functional groups attached to an aromatic ring is 1. The van der Waals surface area contributed by atoms with Crippen molar-refractivity contribution in [1.82, 2.24) is 9.88 Å². The Hall–Kier alpha value is -1.53. The summed E-state index contributed by atoms with van der Waals surface area (Å²) in [5, 5.41) is 0.551. The second-order valence-electron chi connectivity index (χ2n) is 4.45. The van der Waals surface area contributed by atoms with Crippen molar-refractivity contribution in [2.24, 2.45) is 0 Å². The van der Waals surface area contributed by atoms with E-state index in [4.69, 9.17) is 5.73 Å². The van der Waals surface area contributed by atoms with Gasteiger partial charge >= 0.3 is 0 Å². The highest BCUT2D eigenvalue weighted by Gasteiger charge is 2.12. The van der Waals surface area contributed by atoms with Gasteiger partial charge in [0.15, 0.2) is 5.13 Å². The van der Waals surface area contributed by atoms with Crippen LogP contribution >= 0.6 is 23.1 Å². The maximum Gasteiger partial charge on any atom is 0.233 e. The van der Waals surface area contributed by atoms with Crippen LogP contribution in [0.4, 0.5) is 5.13 Å². The van der Waals surface area contributed by atoms with E-state index in [2.05, 4.69) is 4.98 Å². The van der Waals surface area contributed by atoms with E-state index in [1.807, 2.05) is 44.3 Å². The molecule has 0 saturated carbocycles. The van der Waals surface area contributed by atoms with Gasteiger partial charge in [-0.25, -0.2) is 4.98 Å². The standard InChI is InChI=1S/C14H17N3OS2/c1-10-13(20-14(15)16-10)19-9-12(18)17(2)8-11-6-4-3-5-7-11/h3-7H,8-9H2,1-2H3,(H2,15,16). The van der Waals surface area contributed by atoms with Crippen molar-refractivity contribution < 1.29 is 4.79 Å². The summed E-state index contributed by atoms with van der Waals surface area (Å²) in [5.41, 5.74) is 7.68. The molecule has 0 unspecified atom stereocenters. The van der Waals surface area contributed by atoms with Gasteiger partial charge in [0.05, 0.1) is 15.7 Å². The summed E-state index contributed by atoms with van der Waals surface area (Å²) in [4.78, 5) is 18.0. The van der Waals surface area contributed by atoms with Gasteiger partial charge in [-0.15, -0.1) is 11.8 Å². The number of anilines is 1. The number of rotatable bonds is 5. The number of benzene rings is 1. The number of carbonyl (C=O) groups is 1. The summed E-state index contributed by atoms with van der Waals surface area (Å²) in [5.74, 6) is 0.511. The van der Waals surface area contributed by atoms with Crippen LogP contribution in [0.3, 0.4) is 0 Å². The number of nitrogens with zero attached hydrogens (tertiary/aromatic N) is 2. The molecule has 2 N–H and O–H groups in total. The van der Waals surface area contributed by atoms with Crippen LogP contribution in [-0.4, -0.2) is 28.6 Å². The third kappa shape index (κ3) is 3.98. The smallest absolute Gasteiger partial charge is 0.233 e. The van der Waals surface area contributed by atoms with Crippen LogP contribution in [0, 0.1) is 6.92 Å². The fourth-order valence-corrected chi connectivity index (χ4v) is 3.68. The molecule has 20 heavy (non-hydrogen) atoms. The highest BCUT2D eigenvalue weighted by molar-refractivity contribution is 8.01. The van der Waals surface area contributed by atoms with Crippen LogP contribution in [-0.2, 0) is 11.3 Å². The zero-order valence-corrected chi connectivity index (χ0v) is 13.1. The highest BCUT2D eigenvalue weighted by atomic mass is 32.2. The fourth-order valence-electron chi connectivity index (χ4n) is 1.72. The predicted octanol–water partition coefficient (Wildman–Crippen LogP) is 2.78. The molecule has 0 spiro atoms. The lowest BCUT2D eigenvalue weighted by molar-refractivity contribution is -0.127. The Morgan fingerprint density at radius 2 is 2.10 bits per heavy atom. The Bertz CT molecular complexity index is 583. The zero-order chi connectivity index (χ0) is 14.5. The largest absolute Gasteiger partial charge is 0.375 e. The van der Waals surface area contributed by atoms with Crippen LogP contribution in [0.15, 0.2) is 34.5 Å². The molecule has 0 bridgehead atoms. The van der Waals surface area contributed by atoms with E-state index in [0.29, 0.717) is 17.4 Å². The molecule has 0 atom stereocenters. The van der Waals surface area contributed by atoms with Crippen molar-refractivity contribution in [2.45, 2.75) is 17.7 Å². The third-order valence-corrected chi connectivity index (χ3v) is 5.12. The third-order valence-electron chi connectivity index (χ3n) is 2.79. The molecule has 1 heterocycles. The Labute approximate surface area is 127 Å². The van der Waals surface area contributed by atoms with Gasteiger partial charge in [0.25, 0.3) is 0 Å². The van der Waals surface area contributed by atoms with Gasteiger partial charge in [-0.3, -0.25) is 4.79 Å². The first-order valence-electron chi connectivity index (χ1n) is 6.20. The summed E-state index contributed by atoms with van der Waals surface area (Å²) in [6, 6.07) is 9.96. The average molecular weight is 307 g/mol. The Balaban J connectivity index is 1.87. The van der Waals surface area contributed by atoms with Crippen LogP contribution in [0.2, 0.25) is 0 Å². The molecule has 0 aliphatic carbocycles. The molecule has 0 saturated heterocycles. The molecule has 0 aliphatic rings. The van der Waals surface area contributed by atoms with Crippen molar-refractivity contribution in [1.29, 1.82) is 0 Å². The predicted molar refractivity (Wildman–Crippen MR) is 84.9 cm³/mol. The first-order chi connectivity index (χ1) is 9.56. The van der Waals surface area contributed by atoms with Crippen molar-refractivity contribution in [3.05, 3.63) is 41.6 Å². The molecule has 0 radical (unpaired) electrons. The van der Waals surface area contributed by atoms with Crippen LogP contribution in [0.1, 0.15) is 11.3 Å². The number of hydrogen-bond donors (Lipinski definition) is 1. The quantitative estimate of drug-likeness (QED) is 0.863. The normalized spacial score (nSPS) is 10.5. The van der Waals surface area contributed by atoms with Gasteiger partial charge in [0, 0.05) is 13.6 Å². The molecule has 0 aliphatic heterocycles. The van der Waals surface area contributed by atoms with Gasteiger partial charge in [-0.05, 0) is 12.5 Å². The van der Waals surface area contributed by atoms with Crippen molar-refractivity contribution >= 4 is 34.1 Å². The molecule has 1 amide bonds. The minimum Gasteiger partial charge on any atom is -0.375 e. The second kappa shape index (κ2) is 6.76. The van der Waals surface area contributed by atoms with E-state index >= 15 is 0 Å². The second-order valence-corrected chi connectivity index (χ2v) is 6.72. The van der Waals surface area contributed by atoms with Gasteiger partial charge in [0.1, 0.15) is 0 Å². The van der Waals surface area contributed by atoms with E-state index in [1.165, 1.54) is 23.1 Å². The van der Waals surface area contributed by atoms with Crippen molar-refractivity contribution in [3.63, 3.8) is 0 Å². The summed E-state index contributed by atoms with van der Waals surface area (Å²) in [6.07, 6.45) is 0. The number of amides is 1. The lowest BCUT2D eigenvalue weighted by Crippen LogP contribution is -2.27. The Kier molecular flexibility index (Phi) is 5.03. The molecule has 2 rings (SSSR count). The van der Waals surface area contributed by atoms with E-state index in [-0.39, 0.29) is 5.91 Å². The maximum atomic E-state index is 12.1. The molecule has 1 aromatic carbocycles. The SMILES string of the molecule is Cc1nc(N)sc1SCC(=O)N(C)Cc1ccccc1. The summed E-state index contributed by atoms with van der Waals surface area (Å²) in [7, 11) is 1.82. The lowest BCUT2D eigenvalue weighted by Gasteiger charge is -2.16. The van der Waals surface area contributed by atoms with Crippen LogP contribution < -0.4 is 5.73 Å². The van der Waals surface area contributed by atoms with Crippen molar-refractivity contribution in [2.75, 3.05) is 18.5 Å². The molecule has 6 heteroatoms. The van der Waals surface area contributed by atoms with Gasteiger partial charge in [0.2, 0.25) is 5.91 Å². The fraction of sp³-hybridized carbons (Fsp3) is 0.286. The first kappa shape index (κ1) is 14.9. The average Bonchev–Trinajstić information content (AvgIpc) is 2.75. The number of carbonyl (C=O) groups excluding carboxylic acids is 1. The van der Waals surface area contributed by atoms with Crippen molar-refractivity contribution in [3.8, 4) is 0 Å². The van der Waals surface area contributed by atoms with E-state index < -0.39 is 0 Å². The maximum absolute atomic E-state index is 12.1. The summed E-state index contributed by atoms with van der Waals surface area (Å²) >= 11 is 2.93. The van der Waals surface area contributed by atoms with E-state index in [1.54, 1.807) is 4.90 Å². The summed E-state index contributed by atoms with van der Waals surface area (Å²) < 4.78 is 1.02. The van der Waals surface area contributed by atoms with Crippen LogP contribution in [0.5, 0.6) is 0 Å². The number of aryl methyl sites for hydroxylation is 1. The van der Waals surface area contributed by atoms with Crippen LogP contribution in [0.25, 0.3) is 0 Å². The molecular weight excluding hydrogens is 290 g/mol. The molecular formula is C14H17N3OS2. The number of thioether (sulfide) groups is 1. The zero-order valence-electron chi connectivity index (χ0n) is 11.5. The van der Waals surface area contributed by atoms with E-state index in [9.17, 15) is 4.79 Å². The number of thiazole rings is 1. The number of hydrogen-bond acceptors (Lipinski definition) is 5. The Morgan fingerprint density at radius 3 is 2.70 bits per heavy atom. The molecule has 1 aromatic heterocycles. The minimum atomic E-state index is 0.102. The first-order valence-corrected chi connectivity index (χ1v) is 8.00. The minimum absolute atomic E-state index is 0.102. The number of aromatic nitrogens is 1. The van der Waals surface area contributed by atoms with Gasteiger partial charge < -0.3 is 10.6 Å². The lowest BCUT2D eigenvalue weighted by atomic mass is 10.2. The van der Waals surface area contributed by atoms with Gasteiger partial charge in [-0.2, -0.15) is 0 Å². The topological polar surface area (TPSA) is 59.2 Å². The molecule has 0 fully saturated rings. The molecule has 2 aromatic rings. The van der Waals surface area contributed by atoms with E-state index in [0.717, 1.165) is 15.5 Å². The van der Waals surface area contributed by atoms with Gasteiger partial charge in [-0.1, -0.05) is 41.7 Å². The monoisotopic (exact) mass is 307 g/mol. The Morgan fingerprint density at radius 1 is 1.40 bits per heavy atom. The summed E-state index contributed by atoms with van der Waals surface area (Å²) in [6.45, 7) is 2.54. The highest BCUT2D eigenvalue weighted by Crippen LogP contribution is 2.30.